The van der Waals surface area contributed by atoms with E-state index in [1.54, 1.807) is 0 Å². The van der Waals surface area contributed by atoms with Crippen molar-refractivity contribution in [1.29, 1.82) is 0 Å². The first-order valence-electron chi connectivity index (χ1n) is 10.1. The highest BCUT2D eigenvalue weighted by molar-refractivity contribution is 5.92. The van der Waals surface area contributed by atoms with E-state index < -0.39 is 0 Å². The van der Waals surface area contributed by atoms with Crippen molar-refractivity contribution < 1.29 is 9.53 Å². The van der Waals surface area contributed by atoms with Gasteiger partial charge in [-0.25, -0.2) is 0 Å². The Morgan fingerprint density at radius 2 is 1.71 bits per heavy atom. The first-order chi connectivity index (χ1) is 13.6. The Kier molecular flexibility index (Phi) is 7.46. The van der Waals surface area contributed by atoms with Gasteiger partial charge in [-0.1, -0.05) is 44.2 Å². The predicted molar refractivity (Wildman–Crippen MR) is 114 cm³/mol. The van der Waals surface area contributed by atoms with E-state index in [0.29, 0.717) is 19.1 Å². The van der Waals surface area contributed by atoms with E-state index in [1.807, 2.05) is 42.5 Å². The van der Waals surface area contributed by atoms with Gasteiger partial charge in [0, 0.05) is 38.4 Å². The number of rotatable bonds is 8. The van der Waals surface area contributed by atoms with Crippen molar-refractivity contribution in [1.82, 2.24) is 9.80 Å². The molecule has 2 aromatic carbocycles. The van der Waals surface area contributed by atoms with Crippen LogP contribution in [0.25, 0.3) is 0 Å². The summed E-state index contributed by atoms with van der Waals surface area (Å²) in [6, 6.07) is 18.0. The third kappa shape index (κ3) is 6.36. The minimum absolute atomic E-state index is 0.0572. The molecule has 1 aliphatic rings. The van der Waals surface area contributed by atoms with E-state index >= 15 is 0 Å². The number of anilines is 1. The molecular weight excluding hydrogens is 350 g/mol. The Balaban J connectivity index is 1.35. The summed E-state index contributed by atoms with van der Waals surface area (Å²) in [5, 5.41) is 3.03. The molecule has 0 saturated carbocycles. The molecule has 28 heavy (non-hydrogen) atoms. The highest BCUT2D eigenvalue weighted by atomic mass is 16.5. The minimum Gasteiger partial charge on any atom is -0.492 e. The van der Waals surface area contributed by atoms with Crippen molar-refractivity contribution in [2.45, 2.75) is 19.8 Å². The average Bonchev–Trinajstić information content (AvgIpc) is 2.70. The number of carbonyl (C=O) groups excluding carboxylic acids is 1. The topological polar surface area (TPSA) is 44.8 Å². The lowest BCUT2D eigenvalue weighted by Crippen LogP contribution is -2.49. The van der Waals surface area contributed by atoms with Gasteiger partial charge in [-0.05, 0) is 35.7 Å². The van der Waals surface area contributed by atoms with Gasteiger partial charge in [0.15, 0.2) is 0 Å². The zero-order valence-electron chi connectivity index (χ0n) is 16.9. The van der Waals surface area contributed by atoms with Gasteiger partial charge in [0.05, 0.1) is 6.54 Å². The zero-order valence-corrected chi connectivity index (χ0v) is 16.9. The molecule has 0 bridgehead atoms. The highest BCUT2D eigenvalue weighted by Gasteiger charge is 2.19. The molecule has 1 aliphatic heterocycles. The first kappa shape index (κ1) is 20.4. The van der Waals surface area contributed by atoms with Crippen LogP contribution in [0.15, 0.2) is 54.6 Å². The van der Waals surface area contributed by atoms with Crippen LogP contribution >= 0.6 is 0 Å². The van der Waals surface area contributed by atoms with Crippen LogP contribution in [-0.2, 0) is 4.79 Å². The summed E-state index contributed by atoms with van der Waals surface area (Å²) in [7, 11) is 0. The molecule has 1 heterocycles. The third-order valence-corrected chi connectivity index (χ3v) is 5.09. The van der Waals surface area contributed by atoms with Crippen molar-refractivity contribution in [2.75, 3.05) is 51.2 Å². The number of piperazine rings is 1. The van der Waals surface area contributed by atoms with Crippen molar-refractivity contribution in [3.8, 4) is 5.75 Å². The van der Waals surface area contributed by atoms with Crippen molar-refractivity contribution in [3.05, 3.63) is 60.2 Å². The number of nitrogens with zero attached hydrogens (tertiary/aromatic N) is 2. The van der Waals surface area contributed by atoms with Crippen LogP contribution in [0.5, 0.6) is 5.75 Å². The lowest BCUT2D eigenvalue weighted by Gasteiger charge is -2.34. The van der Waals surface area contributed by atoms with Crippen LogP contribution < -0.4 is 10.1 Å². The molecule has 0 unspecified atom stereocenters. The van der Waals surface area contributed by atoms with E-state index in [4.69, 9.17) is 4.74 Å². The lowest BCUT2D eigenvalue weighted by atomic mass is 10.0. The van der Waals surface area contributed by atoms with E-state index in [9.17, 15) is 4.79 Å². The summed E-state index contributed by atoms with van der Waals surface area (Å²) in [6.45, 7) is 10.1. The van der Waals surface area contributed by atoms with Gasteiger partial charge in [-0.15, -0.1) is 0 Å². The molecule has 0 spiro atoms. The van der Waals surface area contributed by atoms with Crippen LogP contribution in [0.1, 0.15) is 25.3 Å². The van der Waals surface area contributed by atoms with Gasteiger partial charge >= 0.3 is 0 Å². The molecule has 5 heteroatoms. The fraction of sp³-hybridized carbons (Fsp3) is 0.435. The number of benzene rings is 2. The Hall–Kier alpha value is -2.37. The Labute approximate surface area is 168 Å². The summed E-state index contributed by atoms with van der Waals surface area (Å²) in [5.74, 6) is 1.43. The van der Waals surface area contributed by atoms with Crippen molar-refractivity contribution in [3.63, 3.8) is 0 Å². The van der Waals surface area contributed by atoms with E-state index in [-0.39, 0.29) is 5.91 Å². The number of ether oxygens (including phenoxy) is 1. The maximum atomic E-state index is 12.4. The Morgan fingerprint density at radius 1 is 1.00 bits per heavy atom. The molecule has 3 rings (SSSR count). The molecule has 5 nitrogen and oxygen atoms in total. The number of para-hydroxylation sites is 1. The SMILES string of the molecule is CC(C)c1cccc(NC(=O)CN2CCN(CCOc3ccccc3)CC2)c1. The number of nitrogens with one attached hydrogen (secondary N) is 1. The number of amides is 1. The van der Waals surface area contributed by atoms with Crippen LogP contribution in [0.3, 0.4) is 0 Å². The fourth-order valence-corrected chi connectivity index (χ4v) is 3.36. The standard InChI is InChI=1S/C23H31N3O2/c1-19(2)20-7-6-8-21(17-20)24-23(27)18-26-13-11-25(12-14-26)15-16-28-22-9-4-3-5-10-22/h3-10,17,19H,11-16,18H2,1-2H3,(H,24,27). The number of carbonyl (C=O) groups is 1. The first-order valence-corrected chi connectivity index (χ1v) is 10.1. The van der Waals surface area contributed by atoms with Gasteiger partial charge in [-0.3, -0.25) is 14.6 Å². The second-order valence-electron chi connectivity index (χ2n) is 7.61. The molecule has 1 amide bonds. The zero-order chi connectivity index (χ0) is 19.8. The molecule has 1 fully saturated rings. The Morgan fingerprint density at radius 3 is 2.43 bits per heavy atom. The van der Waals surface area contributed by atoms with Gasteiger partial charge in [0.2, 0.25) is 5.91 Å². The van der Waals surface area contributed by atoms with E-state index in [2.05, 4.69) is 41.1 Å². The number of hydrogen-bond donors (Lipinski definition) is 1. The Bertz CT molecular complexity index is 741. The normalized spacial score (nSPS) is 15.5. The third-order valence-electron chi connectivity index (χ3n) is 5.09. The van der Waals surface area contributed by atoms with Gasteiger partial charge in [0.1, 0.15) is 12.4 Å². The van der Waals surface area contributed by atoms with Crippen LogP contribution in [0.4, 0.5) is 5.69 Å². The van der Waals surface area contributed by atoms with Gasteiger partial charge in [-0.2, -0.15) is 0 Å². The second-order valence-corrected chi connectivity index (χ2v) is 7.61. The monoisotopic (exact) mass is 381 g/mol. The largest absolute Gasteiger partial charge is 0.492 e. The quantitative estimate of drug-likeness (QED) is 0.761. The summed E-state index contributed by atoms with van der Waals surface area (Å²) in [5.41, 5.74) is 2.12. The molecule has 0 aliphatic carbocycles. The van der Waals surface area contributed by atoms with Crippen molar-refractivity contribution >= 4 is 11.6 Å². The van der Waals surface area contributed by atoms with Crippen LogP contribution in [0.2, 0.25) is 0 Å². The predicted octanol–water partition coefficient (Wildman–Crippen LogP) is 3.45. The molecule has 0 atom stereocenters. The second kappa shape index (κ2) is 10.2. The fourth-order valence-electron chi connectivity index (χ4n) is 3.36. The van der Waals surface area contributed by atoms with Crippen LogP contribution in [-0.4, -0.2) is 61.6 Å². The highest BCUT2D eigenvalue weighted by Crippen LogP contribution is 2.18. The molecular formula is C23H31N3O2. The summed E-state index contributed by atoms with van der Waals surface area (Å²) in [4.78, 5) is 17.0. The lowest BCUT2D eigenvalue weighted by molar-refractivity contribution is -0.117. The summed E-state index contributed by atoms with van der Waals surface area (Å²) in [6.07, 6.45) is 0. The minimum atomic E-state index is 0.0572. The smallest absolute Gasteiger partial charge is 0.238 e. The van der Waals surface area contributed by atoms with Crippen molar-refractivity contribution in [2.24, 2.45) is 0 Å². The maximum absolute atomic E-state index is 12.4. The summed E-state index contributed by atoms with van der Waals surface area (Å²) >= 11 is 0. The maximum Gasteiger partial charge on any atom is 0.238 e. The van der Waals surface area contributed by atoms with Crippen LogP contribution in [0, 0.1) is 0 Å². The average molecular weight is 382 g/mol. The van der Waals surface area contributed by atoms with E-state index in [1.165, 1.54) is 5.56 Å². The van der Waals surface area contributed by atoms with Gasteiger partial charge < -0.3 is 10.1 Å². The molecule has 0 radical (unpaired) electrons. The molecule has 1 N–H and O–H groups in total. The molecule has 2 aromatic rings. The van der Waals surface area contributed by atoms with Gasteiger partial charge in [0.25, 0.3) is 0 Å². The molecule has 150 valence electrons. The molecule has 0 aromatic heterocycles. The molecule has 1 saturated heterocycles. The van der Waals surface area contributed by atoms with E-state index in [0.717, 1.165) is 44.2 Å². The number of hydrogen-bond acceptors (Lipinski definition) is 4. The summed E-state index contributed by atoms with van der Waals surface area (Å²) < 4.78 is 5.77.